The van der Waals surface area contributed by atoms with Gasteiger partial charge in [-0.3, -0.25) is 4.79 Å². The van der Waals surface area contributed by atoms with Gasteiger partial charge in [0.25, 0.3) is 0 Å². The van der Waals surface area contributed by atoms with Gasteiger partial charge in [0.15, 0.2) is 0 Å². The first-order valence-corrected chi connectivity index (χ1v) is 5.03. The zero-order chi connectivity index (χ0) is 10.5. The Balaban J connectivity index is 3.92. The van der Waals surface area contributed by atoms with Crippen LogP contribution in [0, 0.1) is 0 Å². The highest BCUT2D eigenvalue weighted by atomic mass is 35.5. The van der Waals surface area contributed by atoms with Crippen molar-refractivity contribution in [3.63, 3.8) is 0 Å². The maximum Gasteiger partial charge on any atom is 0.237 e. The molecule has 0 aromatic carbocycles. The van der Waals surface area contributed by atoms with Crippen molar-refractivity contribution in [3.05, 3.63) is 0 Å². The summed E-state index contributed by atoms with van der Waals surface area (Å²) in [6.07, 6.45) is 1.25. The van der Waals surface area contributed by atoms with Crippen LogP contribution in [-0.2, 0) is 4.79 Å². The summed E-state index contributed by atoms with van der Waals surface area (Å²) in [6.45, 7) is 5.66. The van der Waals surface area contributed by atoms with Crippen LogP contribution in [0.5, 0.6) is 0 Å². The van der Waals surface area contributed by atoms with Gasteiger partial charge in [0.05, 0.1) is 5.60 Å². The Bertz CT molecular complexity index is 167. The molecule has 0 aromatic rings. The van der Waals surface area contributed by atoms with E-state index in [1.165, 1.54) is 0 Å². The molecule has 0 aliphatic rings. The third-order valence-electron chi connectivity index (χ3n) is 2.27. The SMILES string of the molecule is CCC(O)(CC)CNC(=O)C(C)Cl. The minimum Gasteiger partial charge on any atom is -0.388 e. The average molecular weight is 208 g/mol. The van der Waals surface area contributed by atoms with Crippen molar-refractivity contribution in [3.8, 4) is 0 Å². The number of nitrogens with one attached hydrogen (secondary N) is 1. The van der Waals surface area contributed by atoms with Crippen LogP contribution in [0.4, 0.5) is 0 Å². The summed E-state index contributed by atoms with van der Waals surface area (Å²) in [7, 11) is 0. The summed E-state index contributed by atoms with van der Waals surface area (Å²) in [5.41, 5.74) is -0.790. The smallest absolute Gasteiger partial charge is 0.237 e. The van der Waals surface area contributed by atoms with E-state index in [1.54, 1.807) is 6.92 Å². The molecule has 1 unspecified atom stereocenters. The number of amides is 1. The summed E-state index contributed by atoms with van der Waals surface area (Å²) in [5, 5.41) is 11.9. The second-order valence-corrected chi connectivity index (χ2v) is 3.92. The Hall–Kier alpha value is -0.280. The number of carbonyl (C=O) groups is 1. The number of rotatable bonds is 5. The van der Waals surface area contributed by atoms with E-state index in [9.17, 15) is 9.90 Å². The lowest BCUT2D eigenvalue weighted by atomic mass is 9.97. The fraction of sp³-hybridized carbons (Fsp3) is 0.889. The molecule has 0 fully saturated rings. The van der Waals surface area contributed by atoms with Gasteiger partial charge in [-0.25, -0.2) is 0 Å². The predicted molar refractivity (Wildman–Crippen MR) is 53.9 cm³/mol. The first kappa shape index (κ1) is 12.7. The zero-order valence-corrected chi connectivity index (χ0v) is 9.19. The Morgan fingerprint density at radius 1 is 1.54 bits per heavy atom. The molecule has 4 heteroatoms. The third kappa shape index (κ3) is 4.48. The van der Waals surface area contributed by atoms with Crippen molar-refractivity contribution in [2.45, 2.75) is 44.6 Å². The maximum absolute atomic E-state index is 11.1. The first-order valence-electron chi connectivity index (χ1n) is 4.59. The van der Waals surface area contributed by atoms with Crippen molar-refractivity contribution in [2.75, 3.05) is 6.54 Å². The van der Waals surface area contributed by atoms with Crippen LogP contribution < -0.4 is 5.32 Å². The van der Waals surface area contributed by atoms with Crippen LogP contribution in [0.25, 0.3) is 0 Å². The summed E-state index contributed by atoms with van der Waals surface area (Å²) in [5.74, 6) is -0.234. The van der Waals surface area contributed by atoms with Crippen LogP contribution in [0.2, 0.25) is 0 Å². The molecule has 0 rings (SSSR count). The minimum absolute atomic E-state index is 0.234. The van der Waals surface area contributed by atoms with Gasteiger partial charge in [0.1, 0.15) is 5.38 Å². The second-order valence-electron chi connectivity index (χ2n) is 3.27. The molecule has 0 bridgehead atoms. The highest BCUT2D eigenvalue weighted by molar-refractivity contribution is 6.30. The number of halogens is 1. The molecule has 0 aromatic heterocycles. The maximum atomic E-state index is 11.1. The first-order chi connectivity index (χ1) is 5.95. The van der Waals surface area contributed by atoms with Crippen molar-refractivity contribution in [1.82, 2.24) is 5.32 Å². The van der Waals surface area contributed by atoms with Crippen molar-refractivity contribution in [1.29, 1.82) is 0 Å². The Morgan fingerprint density at radius 2 is 2.00 bits per heavy atom. The molecular formula is C9H18ClNO2. The summed E-state index contributed by atoms with van der Waals surface area (Å²) in [6, 6.07) is 0. The van der Waals surface area contributed by atoms with E-state index in [1.807, 2.05) is 13.8 Å². The molecule has 1 atom stereocenters. The molecule has 0 aliphatic carbocycles. The van der Waals surface area contributed by atoms with Gasteiger partial charge in [-0.2, -0.15) is 0 Å². The van der Waals surface area contributed by atoms with E-state index >= 15 is 0 Å². The molecule has 0 radical (unpaired) electrons. The lowest BCUT2D eigenvalue weighted by Gasteiger charge is -2.25. The zero-order valence-electron chi connectivity index (χ0n) is 8.43. The van der Waals surface area contributed by atoms with Crippen LogP contribution in [-0.4, -0.2) is 28.5 Å². The topological polar surface area (TPSA) is 49.3 Å². The van der Waals surface area contributed by atoms with Gasteiger partial charge in [0, 0.05) is 6.54 Å². The lowest BCUT2D eigenvalue weighted by molar-refractivity contribution is -0.121. The average Bonchev–Trinajstić information content (AvgIpc) is 2.13. The Kier molecular flexibility index (Phi) is 5.33. The Labute approximate surface area is 84.5 Å². The molecule has 78 valence electrons. The number of alkyl halides is 1. The fourth-order valence-corrected chi connectivity index (χ4v) is 0.969. The lowest BCUT2D eigenvalue weighted by Crippen LogP contribution is -2.43. The number of aliphatic hydroxyl groups is 1. The molecule has 3 nitrogen and oxygen atoms in total. The molecule has 2 N–H and O–H groups in total. The summed E-state index contributed by atoms with van der Waals surface area (Å²) < 4.78 is 0. The van der Waals surface area contributed by atoms with E-state index in [2.05, 4.69) is 5.32 Å². The van der Waals surface area contributed by atoms with Crippen LogP contribution in [0.15, 0.2) is 0 Å². The van der Waals surface area contributed by atoms with Gasteiger partial charge in [-0.05, 0) is 19.8 Å². The van der Waals surface area contributed by atoms with Gasteiger partial charge in [-0.1, -0.05) is 13.8 Å². The second kappa shape index (κ2) is 5.45. The normalized spacial score (nSPS) is 13.9. The van der Waals surface area contributed by atoms with Gasteiger partial charge in [-0.15, -0.1) is 11.6 Å². The van der Waals surface area contributed by atoms with Crippen LogP contribution in [0.3, 0.4) is 0 Å². The van der Waals surface area contributed by atoms with Crippen LogP contribution >= 0.6 is 11.6 Å². The van der Waals surface area contributed by atoms with Gasteiger partial charge >= 0.3 is 0 Å². The standard InChI is InChI=1S/C9H18ClNO2/c1-4-9(13,5-2)6-11-8(12)7(3)10/h7,13H,4-6H2,1-3H3,(H,11,12). The van der Waals surface area contributed by atoms with E-state index in [4.69, 9.17) is 11.6 Å². The van der Waals surface area contributed by atoms with E-state index in [0.717, 1.165) is 0 Å². The number of carbonyl (C=O) groups excluding carboxylic acids is 1. The molecule has 1 amide bonds. The summed E-state index contributed by atoms with van der Waals surface area (Å²) in [4.78, 5) is 11.1. The van der Waals surface area contributed by atoms with Crippen molar-refractivity contribution >= 4 is 17.5 Å². The third-order valence-corrected chi connectivity index (χ3v) is 2.47. The van der Waals surface area contributed by atoms with Gasteiger partial charge < -0.3 is 10.4 Å². The number of hydrogen-bond acceptors (Lipinski definition) is 2. The predicted octanol–water partition coefficient (Wildman–Crippen LogP) is 1.28. The highest BCUT2D eigenvalue weighted by Gasteiger charge is 2.23. The molecule has 0 heterocycles. The molecule has 0 spiro atoms. The van der Waals surface area contributed by atoms with E-state index < -0.39 is 11.0 Å². The minimum atomic E-state index is -0.790. The molecular weight excluding hydrogens is 190 g/mol. The highest BCUT2D eigenvalue weighted by Crippen LogP contribution is 2.12. The Morgan fingerprint density at radius 3 is 2.31 bits per heavy atom. The van der Waals surface area contributed by atoms with Crippen molar-refractivity contribution < 1.29 is 9.90 Å². The molecule has 0 saturated heterocycles. The van der Waals surface area contributed by atoms with Crippen LogP contribution in [0.1, 0.15) is 33.6 Å². The summed E-state index contributed by atoms with van der Waals surface area (Å²) >= 11 is 5.55. The van der Waals surface area contributed by atoms with Gasteiger partial charge in [0.2, 0.25) is 5.91 Å². The molecule has 0 saturated carbocycles. The number of hydrogen-bond donors (Lipinski definition) is 2. The largest absolute Gasteiger partial charge is 0.388 e. The molecule has 13 heavy (non-hydrogen) atoms. The van der Waals surface area contributed by atoms with E-state index in [-0.39, 0.29) is 12.5 Å². The fourth-order valence-electron chi connectivity index (χ4n) is 0.892. The van der Waals surface area contributed by atoms with E-state index in [0.29, 0.717) is 12.8 Å². The quantitative estimate of drug-likeness (QED) is 0.668. The molecule has 0 aliphatic heterocycles. The van der Waals surface area contributed by atoms with Crippen molar-refractivity contribution in [2.24, 2.45) is 0 Å². The monoisotopic (exact) mass is 207 g/mol.